The molecule has 0 bridgehead atoms. The molecule has 10 heteroatoms. The number of phenolic OH excluding ortho intramolecular Hbond substituents is 2. The Hall–Kier alpha value is -5.25. The summed E-state index contributed by atoms with van der Waals surface area (Å²) < 4.78 is 0. The van der Waals surface area contributed by atoms with Crippen molar-refractivity contribution < 1.29 is 20.1 Å². The lowest BCUT2D eigenvalue weighted by Crippen LogP contribution is -2.16. The minimum atomic E-state index is -0.847. The highest BCUT2D eigenvalue weighted by Gasteiger charge is 2.24. The van der Waals surface area contributed by atoms with Gasteiger partial charge in [-0.15, -0.1) is 30.0 Å². The smallest absolute Gasteiger partial charge is 0.306 e. The Kier molecular flexibility index (Phi) is 14.0. The summed E-state index contributed by atoms with van der Waals surface area (Å²) in [4.78, 5) is 14.2. The Balaban J connectivity index is 0.000000212. The van der Waals surface area contributed by atoms with Crippen LogP contribution in [0.25, 0.3) is 33.4 Å². The summed E-state index contributed by atoms with van der Waals surface area (Å²) in [6.07, 6.45) is 14.5. The van der Waals surface area contributed by atoms with Crippen molar-refractivity contribution in [2.24, 2.45) is 5.92 Å². The van der Waals surface area contributed by atoms with Gasteiger partial charge in [-0.2, -0.15) is 0 Å². The van der Waals surface area contributed by atoms with Crippen LogP contribution in [0.1, 0.15) is 121 Å². The minimum Gasteiger partial charge on any atom is -0.505 e. The number of carboxylic acids is 1. The topological polar surface area (TPSA) is 139 Å². The number of aryl methyl sites for hydroxylation is 2. The van der Waals surface area contributed by atoms with Gasteiger partial charge in [0.05, 0.1) is 5.92 Å². The fourth-order valence-corrected chi connectivity index (χ4v) is 6.87. The number of fused-ring (bicyclic) bond motifs is 2. The first kappa shape index (κ1) is 40.9. The first-order chi connectivity index (χ1) is 26.3. The van der Waals surface area contributed by atoms with Crippen LogP contribution in [-0.4, -0.2) is 51.3 Å². The molecule has 10 nitrogen and oxygen atoms in total. The molecule has 0 aliphatic rings. The molecule has 2 aromatic heterocycles. The highest BCUT2D eigenvalue weighted by Crippen LogP contribution is 2.37. The molecule has 55 heavy (non-hydrogen) atoms. The quantitative estimate of drug-likeness (QED) is 0.0832. The maximum Gasteiger partial charge on any atom is 0.306 e. The van der Waals surface area contributed by atoms with Crippen molar-refractivity contribution in [3.63, 3.8) is 0 Å². The second-order valence-electron chi connectivity index (χ2n) is 15.9. The molecule has 3 N–H and O–H groups in total. The first-order valence-corrected chi connectivity index (χ1v) is 19.9. The molecule has 2 heterocycles. The van der Waals surface area contributed by atoms with E-state index in [-0.39, 0.29) is 11.2 Å². The SMILES string of the molecule is CC(Cc1cc(-n2nc3ccccc3n2)c(O)c(C(C)(C)C)c1)C(=O)O.CCCCCCCCCCCCc1cc(C)cc(-n2nc3ccccc3n2)c1O. The average Bonchev–Trinajstić information content (AvgIpc) is 3.79. The molecule has 0 saturated carbocycles. The van der Waals surface area contributed by atoms with Crippen molar-refractivity contribution in [2.75, 3.05) is 0 Å². The third-order valence-electron chi connectivity index (χ3n) is 10.0. The molecule has 4 aromatic carbocycles. The van der Waals surface area contributed by atoms with E-state index in [4.69, 9.17) is 0 Å². The van der Waals surface area contributed by atoms with E-state index in [2.05, 4.69) is 40.3 Å². The molecule has 0 aliphatic carbocycles. The van der Waals surface area contributed by atoms with E-state index in [0.717, 1.165) is 57.2 Å². The lowest BCUT2D eigenvalue weighted by atomic mass is 9.84. The van der Waals surface area contributed by atoms with Crippen molar-refractivity contribution in [3.05, 3.63) is 95.1 Å². The number of aromatic nitrogens is 6. The average molecular weight is 747 g/mol. The number of nitrogens with zero attached hydrogens (tertiary/aromatic N) is 6. The van der Waals surface area contributed by atoms with E-state index in [9.17, 15) is 20.1 Å². The van der Waals surface area contributed by atoms with Crippen LogP contribution < -0.4 is 0 Å². The number of hydrogen-bond acceptors (Lipinski definition) is 7. The molecule has 0 spiro atoms. The van der Waals surface area contributed by atoms with Gasteiger partial charge in [-0.05, 0) is 84.7 Å². The summed E-state index contributed by atoms with van der Waals surface area (Å²) in [5, 5.41) is 48.9. The third-order valence-corrected chi connectivity index (χ3v) is 10.0. The summed E-state index contributed by atoms with van der Waals surface area (Å²) in [6.45, 7) is 12.0. The highest BCUT2D eigenvalue weighted by molar-refractivity contribution is 5.75. The van der Waals surface area contributed by atoms with Crippen molar-refractivity contribution in [3.8, 4) is 22.9 Å². The number of phenols is 2. The van der Waals surface area contributed by atoms with Gasteiger partial charge in [0.15, 0.2) is 0 Å². The molecule has 1 atom stereocenters. The normalized spacial score (nSPS) is 12.2. The Morgan fingerprint density at radius 2 is 1.13 bits per heavy atom. The van der Waals surface area contributed by atoms with Crippen LogP contribution in [0.4, 0.5) is 0 Å². The lowest BCUT2D eigenvalue weighted by Gasteiger charge is -2.23. The van der Waals surface area contributed by atoms with E-state index in [0.29, 0.717) is 23.5 Å². The third kappa shape index (κ3) is 10.9. The molecule has 1 unspecified atom stereocenters. The number of aromatic hydroxyl groups is 2. The van der Waals surface area contributed by atoms with Crippen LogP contribution >= 0.6 is 0 Å². The zero-order chi connectivity index (χ0) is 39.5. The molecular formula is C45H58N6O4. The Morgan fingerprint density at radius 3 is 1.58 bits per heavy atom. The Labute approximate surface area is 325 Å². The Morgan fingerprint density at radius 1 is 0.673 bits per heavy atom. The maximum absolute atomic E-state index is 11.2. The van der Waals surface area contributed by atoms with Gasteiger partial charge in [-0.25, -0.2) is 0 Å². The summed E-state index contributed by atoms with van der Waals surface area (Å²) >= 11 is 0. The molecule has 0 saturated heterocycles. The van der Waals surface area contributed by atoms with E-state index in [1.54, 1.807) is 17.8 Å². The fourth-order valence-electron chi connectivity index (χ4n) is 6.87. The van der Waals surface area contributed by atoms with Crippen LogP contribution in [0.5, 0.6) is 11.5 Å². The van der Waals surface area contributed by atoms with Crippen molar-refractivity contribution in [1.82, 2.24) is 30.0 Å². The number of benzene rings is 4. The Bertz CT molecular complexity index is 2110. The number of unbranched alkanes of at least 4 members (excludes halogenated alkanes) is 9. The van der Waals surface area contributed by atoms with Gasteiger partial charge in [0.25, 0.3) is 0 Å². The number of hydrogen-bond donors (Lipinski definition) is 3. The second-order valence-corrected chi connectivity index (χ2v) is 15.9. The van der Waals surface area contributed by atoms with Crippen LogP contribution in [-0.2, 0) is 23.1 Å². The summed E-state index contributed by atoms with van der Waals surface area (Å²) in [6, 6.07) is 23.0. The molecular weight excluding hydrogens is 689 g/mol. The molecule has 6 aromatic rings. The molecule has 0 fully saturated rings. The van der Waals surface area contributed by atoms with Crippen LogP contribution in [0, 0.1) is 12.8 Å². The maximum atomic E-state index is 11.2. The number of carboxylic acid groups (broad SMARTS) is 1. The van der Waals surface area contributed by atoms with Crippen LogP contribution in [0.2, 0.25) is 0 Å². The standard InChI is InChI=1S/C25H35N3O.C20H23N3O3/c1-3-4-5-6-7-8-9-10-11-12-15-21-18-20(2)19-24(25(21)29)28-26-22-16-13-14-17-23(22)27-28;1-12(19(25)26)9-13-10-14(20(2,3)4)18(24)17(11-13)23-21-15-7-5-6-8-16(15)22-23/h13-14,16-19,29H,3-12,15H2,1-2H3;5-8,10-12,24H,9H2,1-4H3,(H,25,26). The molecule has 6 rings (SSSR count). The van der Waals surface area contributed by atoms with Gasteiger partial charge in [-0.3, -0.25) is 4.79 Å². The largest absolute Gasteiger partial charge is 0.505 e. The number of aliphatic carboxylic acids is 1. The summed E-state index contributed by atoms with van der Waals surface area (Å²) in [7, 11) is 0. The highest BCUT2D eigenvalue weighted by atomic mass is 16.4. The molecule has 0 amide bonds. The van der Waals surface area contributed by atoms with Gasteiger partial charge in [-0.1, -0.05) is 129 Å². The number of rotatable bonds is 16. The van der Waals surface area contributed by atoms with E-state index in [1.165, 1.54) is 62.6 Å². The predicted molar refractivity (Wildman–Crippen MR) is 221 cm³/mol. The zero-order valence-corrected chi connectivity index (χ0v) is 33.4. The van der Waals surface area contributed by atoms with Gasteiger partial charge in [0.1, 0.15) is 44.9 Å². The lowest BCUT2D eigenvalue weighted by molar-refractivity contribution is -0.141. The van der Waals surface area contributed by atoms with Crippen LogP contribution in [0.3, 0.4) is 0 Å². The van der Waals surface area contributed by atoms with Crippen molar-refractivity contribution >= 4 is 28.0 Å². The van der Waals surface area contributed by atoms with Gasteiger partial charge < -0.3 is 15.3 Å². The van der Waals surface area contributed by atoms with Crippen LogP contribution in [0.15, 0.2) is 72.8 Å². The van der Waals surface area contributed by atoms with E-state index in [1.807, 2.05) is 81.4 Å². The monoisotopic (exact) mass is 746 g/mol. The fraction of sp³-hybridized carbons (Fsp3) is 0.444. The van der Waals surface area contributed by atoms with E-state index >= 15 is 0 Å². The van der Waals surface area contributed by atoms with Crippen molar-refractivity contribution in [1.29, 1.82) is 0 Å². The summed E-state index contributed by atoms with van der Waals surface area (Å²) in [5.74, 6) is -0.943. The van der Waals surface area contributed by atoms with Gasteiger partial charge in [0.2, 0.25) is 0 Å². The molecule has 0 aliphatic heterocycles. The predicted octanol–water partition coefficient (Wildman–Crippen LogP) is 10.6. The van der Waals surface area contributed by atoms with Crippen molar-refractivity contribution in [2.45, 2.75) is 124 Å². The molecule has 292 valence electrons. The zero-order valence-electron chi connectivity index (χ0n) is 33.4. The second kappa shape index (κ2) is 18.9. The number of carbonyl (C=O) groups is 1. The minimum absolute atomic E-state index is 0.115. The van der Waals surface area contributed by atoms with Gasteiger partial charge in [0, 0.05) is 5.56 Å². The first-order valence-electron chi connectivity index (χ1n) is 19.9. The summed E-state index contributed by atoms with van der Waals surface area (Å²) in [5.41, 5.74) is 7.65. The van der Waals surface area contributed by atoms with E-state index < -0.39 is 11.9 Å². The van der Waals surface area contributed by atoms with Gasteiger partial charge >= 0.3 is 5.97 Å². The molecule has 0 radical (unpaired) electrons.